The van der Waals surface area contributed by atoms with Gasteiger partial charge >= 0.3 is 5.97 Å². The number of ether oxygens (including phenoxy) is 4. The van der Waals surface area contributed by atoms with Gasteiger partial charge in [0, 0.05) is 5.56 Å². The van der Waals surface area contributed by atoms with Crippen LogP contribution in [0.4, 0.5) is 0 Å². The number of aliphatic carboxylic acids is 1. The maximum absolute atomic E-state index is 12.3. The van der Waals surface area contributed by atoms with Crippen molar-refractivity contribution in [2.24, 2.45) is 5.10 Å². The van der Waals surface area contributed by atoms with Crippen LogP contribution in [0, 0.1) is 0 Å². The lowest BCUT2D eigenvalue weighted by Gasteiger charge is -2.13. The van der Waals surface area contributed by atoms with Crippen LogP contribution in [0.15, 0.2) is 41.5 Å². The third-order valence-electron chi connectivity index (χ3n) is 3.55. The fourth-order valence-electron chi connectivity index (χ4n) is 2.24. The molecule has 9 heteroatoms. The van der Waals surface area contributed by atoms with Gasteiger partial charge in [0.05, 0.1) is 27.5 Å². The average Bonchev–Trinajstić information content (AvgIpc) is 2.71. The minimum absolute atomic E-state index is 0.282. The van der Waals surface area contributed by atoms with Crippen LogP contribution < -0.4 is 24.4 Å². The normalized spacial score (nSPS) is 10.4. The van der Waals surface area contributed by atoms with Gasteiger partial charge in [-0.2, -0.15) is 5.10 Å². The molecule has 2 N–H and O–H groups in total. The molecule has 1 amide bonds. The molecule has 0 aliphatic carbocycles. The van der Waals surface area contributed by atoms with E-state index in [1.54, 1.807) is 24.3 Å². The molecule has 0 fully saturated rings. The van der Waals surface area contributed by atoms with Crippen molar-refractivity contribution in [3.8, 4) is 23.0 Å². The molecule has 2 aromatic rings. The molecule has 0 unspecified atom stereocenters. The summed E-state index contributed by atoms with van der Waals surface area (Å²) in [5, 5.41) is 12.5. The number of methoxy groups -OCH3 is 3. The Kier molecular flexibility index (Phi) is 7.21. The number of hydrazone groups is 1. The maximum atomic E-state index is 12.3. The highest BCUT2D eigenvalue weighted by Gasteiger charge is 2.16. The summed E-state index contributed by atoms with van der Waals surface area (Å²) in [7, 11) is 4.39. The molecule has 148 valence electrons. The van der Waals surface area contributed by atoms with E-state index in [4.69, 9.17) is 24.1 Å². The van der Waals surface area contributed by atoms with Gasteiger partial charge < -0.3 is 24.1 Å². The van der Waals surface area contributed by atoms with Gasteiger partial charge in [-0.05, 0) is 42.0 Å². The van der Waals surface area contributed by atoms with Crippen LogP contribution in [0.5, 0.6) is 23.0 Å². The highest BCUT2D eigenvalue weighted by molar-refractivity contribution is 5.96. The predicted octanol–water partition coefficient (Wildman–Crippen LogP) is 1.94. The Balaban J connectivity index is 2.04. The molecule has 0 aliphatic rings. The Morgan fingerprint density at radius 3 is 2.14 bits per heavy atom. The molecule has 0 saturated carbocycles. The van der Waals surface area contributed by atoms with Crippen molar-refractivity contribution in [3.63, 3.8) is 0 Å². The van der Waals surface area contributed by atoms with E-state index in [-0.39, 0.29) is 5.56 Å². The van der Waals surface area contributed by atoms with E-state index in [9.17, 15) is 9.59 Å². The number of hydrogen-bond donors (Lipinski definition) is 2. The van der Waals surface area contributed by atoms with Gasteiger partial charge in [0.1, 0.15) is 5.75 Å². The number of nitrogens with zero attached hydrogens (tertiary/aromatic N) is 1. The molecule has 28 heavy (non-hydrogen) atoms. The van der Waals surface area contributed by atoms with Crippen LogP contribution in [0.3, 0.4) is 0 Å². The van der Waals surface area contributed by atoms with E-state index in [1.807, 2.05) is 0 Å². The zero-order valence-corrected chi connectivity index (χ0v) is 15.6. The molecule has 0 aromatic heterocycles. The smallest absolute Gasteiger partial charge is 0.341 e. The maximum Gasteiger partial charge on any atom is 0.341 e. The summed E-state index contributed by atoms with van der Waals surface area (Å²) in [5.74, 6) is -0.00539. The molecule has 9 nitrogen and oxygen atoms in total. The van der Waals surface area contributed by atoms with Gasteiger partial charge in [0.15, 0.2) is 18.1 Å². The largest absolute Gasteiger partial charge is 0.493 e. The number of benzene rings is 2. The van der Waals surface area contributed by atoms with Gasteiger partial charge in [0.2, 0.25) is 5.75 Å². The summed E-state index contributed by atoms with van der Waals surface area (Å²) < 4.78 is 20.7. The van der Waals surface area contributed by atoms with Crippen molar-refractivity contribution in [2.45, 2.75) is 0 Å². The van der Waals surface area contributed by atoms with E-state index >= 15 is 0 Å². The number of carboxylic acids is 1. The van der Waals surface area contributed by atoms with Gasteiger partial charge in [-0.25, -0.2) is 10.2 Å². The predicted molar refractivity (Wildman–Crippen MR) is 101 cm³/mol. The summed E-state index contributed by atoms with van der Waals surface area (Å²) in [5.41, 5.74) is 3.38. The van der Waals surface area contributed by atoms with E-state index < -0.39 is 18.5 Å². The number of nitrogens with one attached hydrogen (secondary N) is 1. The van der Waals surface area contributed by atoms with Crippen LogP contribution in [-0.4, -0.2) is 51.1 Å². The fraction of sp³-hybridized carbons (Fsp3) is 0.211. The first-order chi connectivity index (χ1) is 13.5. The van der Waals surface area contributed by atoms with Gasteiger partial charge in [-0.3, -0.25) is 4.79 Å². The standard InChI is InChI=1S/C19H20N2O7/c1-25-15-8-13(9-16(26-2)18(15)27-3)19(24)21-20-10-12-4-6-14(7-5-12)28-11-17(22)23/h4-10H,11H2,1-3H3,(H,21,24)(H,22,23). The molecule has 0 heterocycles. The van der Waals surface area contributed by atoms with Gasteiger partial charge in [0.25, 0.3) is 5.91 Å². The number of carbonyl (C=O) groups excluding carboxylic acids is 1. The SMILES string of the molecule is COc1cc(C(=O)NN=Cc2ccc(OCC(=O)O)cc2)cc(OC)c1OC. The average molecular weight is 388 g/mol. The molecule has 0 aliphatic heterocycles. The molecule has 0 radical (unpaired) electrons. The first-order valence-corrected chi connectivity index (χ1v) is 8.06. The topological polar surface area (TPSA) is 116 Å². The van der Waals surface area contributed by atoms with Crippen molar-refractivity contribution in [2.75, 3.05) is 27.9 Å². The Hall–Kier alpha value is -3.75. The quantitative estimate of drug-likeness (QED) is 0.498. The van der Waals surface area contributed by atoms with Crippen LogP contribution in [0.25, 0.3) is 0 Å². The van der Waals surface area contributed by atoms with Crippen LogP contribution in [0.1, 0.15) is 15.9 Å². The fourth-order valence-corrected chi connectivity index (χ4v) is 2.24. The van der Waals surface area contributed by atoms with Crippen molar-refractivity contribution in [3.05, 3.63) is 47.5 Å². The van der Waals surface area contributed by atoms with E-state index in [0.717, 1.165) is 0 Å². The first kappa shape index (κ1) is 20.6. The lowest BCUT2D eigenvalue weighted by Crippen LogP contribution is -2.18. The van der Waals surface area contributed by atoms with Crippen LogP contribution in [0.2, 0.25) is 0 Å². The Labute approximate surface area is 161 Å². The summed E-state index contributed by atoms with van der Waals surface area (Å²) in [6.07, 6.45) is 1.44. The molecule has 0 atom stereocenters. The highest BCUT2D eigenvalue weighted by atomic mass is 16.5. The monoisotopic (exact) mass is 388 g/mol. The zero-order chi connectivity index (χ0) is 20.5. The van der Waals surface area contributed by atoms with Gasteiger partial charge in [-0.1, -0.05) is 0 Å². The molecule has 2 aromatic carbocycles. The lowest BCUT2D eigenvalue weighted by atomic mass is 10.1. The molecule has 0 saturated heterocycles. The lowest BCUT2D eigenvalue weighted by molar-refractivity contribution is -0.139. The molecule has 0 bridgehead atoms. The second-order valence-corrected chi connectivity index (χ2v) is 5.36. The molecular formula is C19H20N2O7. The number of carbonyl (C=O) groups is 2. The minimum Gasteiger partial charge on any atom is -0.493 e. The Bertz CT molecular complexity index is 838. The summed E-state index contributed by atoms with van der Waals surface area (Å²) >= 11 is 0. The zero-order valence-electron chi connectivity index (χ0n) is 15.6. The molecular weight excluding hydrogens is 368 g/mol. The van der Waals surface area contributed by atoms with E-state index in [1.165, 1.54) is 39.7 Å². The van der Waals surface area contributed by atoms with Crippen molar-refractivity contribution < 1.29 is 33.6 Å². The van der Waals surface area contributed by atoms with Crippen molar-refractivity contribution >= 4 is 18.1 Å². The number of hydrogen-bond acceptors (Lipinski definition) is 7. The summed E-state index contributed by atoms with van der Waals surface area (Å²) in [6, 6.07) is 9.58. The van der Waals surface area contributed by atoms with Crippen molar-refractivity contribution in [1.29, 1.82) is 0 Å². The number of amides is 1. The third kappa shape index (κ3) is 5.37. The summed E-state index contributed by atoms with van der Waals surface area (Å²) in [6.45, 7) is -0.418. The molecule has 0 spiro atoms. The van der Waals surface area contributed by atoms with Gasteiger partial charge in [-0.15, -0.1) is 0 Å². The van der Waals surface area contributed by atoms with E-state index in [2.05, 4.69) is 10.5 Å². The highest BCUT2D eigenvalue weighted by Crippen LogP contribution is 2.38. The van der Waals surface area contributed by atoms with Crippen LogP contribution >= 0.6 is 0 Å². The first-order valence-electron chi connectivity index (χ1n) is 8.06. The van der Waals surface area contributed by atoms with E-state index in [0.29, 0.717) is 28.6 Å². The minimum atomic E-state index is -1.06. The number of carboxylic acid groups (broad SMARTS) is 1. The second-order valence-electron chi connectivity index (χ2n) is 5.36. The third-order valence-corrected chi connectivity index (χ3v) is 3.55. The Morgan fingerprint density at radius 1 is 1.04 bits per heavy atom. The summed E-state index contributed by atoms with van der Waals surface area (Å²) in [4.78, 5) is 22.8. The number of rotatable bonds is 9. The Morgan fingerprint density at radius 2 is 1.64 bits per heavy atom. The van der Waals surface area contributed by atoms with Crippen molar-refractivity contribution in [1.82, 2.24) is 5.43 Å². The molecule has 2 rings (SSSR count). The van der Waals surface area contributed by atoms with Crippen LogP contribution in [-0.2, 0) is 4.79 Å². The second kappa shape index (κ2) is 9.81.